The molecule has 3 rings (SSSR count). The minimum Gasteiger partial charge on any atom is -0.376 e. The lowest BCUT2D eigenvalue weighted by Crippen LogP contribution is -2.48. The van der Waals surface area contributed by atoms with Crippen LogP contribution in [0.4, 0.5) is 0 Å². The van der Waals surface area contributed by atoms with Gasteiger partial charge in [0.25, 0.3) is 0 Å². The van der Waals surface area contributed by atoms with E-state index in [4.69, 9.17) is 16.3 Å². The number of amides is 1. The molecule has 0 radical (unpaired) electrons. The van der Waals surface area contributed by atoms with E-state index in [1.807, 2.05) is 36.2 Å². The van der Waals surface area contributed by atoms with Crippen molar-refractivity contribution in [2.24, 2.45) is 0 Å². The number of carbonyl (C=O) groups excluding carboxylic acids is 1. The Balaban J connectivity index is 1.64. The number of carbonyl (C=O) groups is 1. The SMILES string of the molecule is CN(CC(=O)N(CC1CCCO1)C1CCS(=O)(=O)C1)Cc1cccc(Cl)c1. The van der Waals surface area contributed by atoms with Gasteiger partial charge in [0.15, 0.2) is 9.84 Å². The summed E-state index contributed by atoms with van der Waals surface area (Å²) in [6, 6.07) is 7.32. The molecule has 6 nitrogen and oxygen atoms in total. The summed E-state index contributed by atoms with van der Waals surface area (Å²) in [6.07, 6.45) is 2.43. The molecule has 2 unspecified atom stereocenters. The molecule has 0 saturated carbocycles. The van der Waals surface area contributed by atoms with Gasteiger partial charge in [0.05, 0.1) is 24.2 Å². The second-order valence-electron chi connectivity index (χ2n) is 7.54. The van der Waals surface area contributed by atoms with E-state index in [0.717, 1.165) is 18.4 Å². The maximum Gasteiger partial charge on any atom is 0.237 e. The molecule has 1 aromatic rings. The molecule has 0 aromatic heterocycles. The average Bonchev–Trinajstić information content (AvgIpc) is 3.21. The monoisotopic (exact) mass is 414 g/mol. The van der Waals surface area contributed by atoms with Crippen LogP contribution < -0.4 is 0 Å². The molecule has 27 heavy (non-hydrogen) atoms. The predicted octanol–water partition coefficient (Wildman–Crippen LogP) is 1.97. The molecular weight excluding hydrogens is 388 g/mol. The molecule has 0 spiro atoms. The fraction of sp³-hybridized carbons (Fsp3) is 0.632. The molecule has 2 heterocycles. The summed E-state index contributed by atoms with van der Waals surface area (Å²) in [5.74, 6) is 0.173. The lowest BCUT2D eigenvalue weighted by Gasteiger charge is -2.32. The van der Waals surface area contributed by atoms with Crippen molar-refractivity contribution in [1.82, 2.24) is 9.80 Å². The van der Waals surface area contributed by atoms with E-state index in [1.165, 1.54) is 0 Å². The summed E-state index contributed by atoms with van der Waals surface area (Å²) in [4.78, 5) is 16.7. The highest BCUT2D eigenvalue weighted by Crippen LogP contribution is 2.22. The summed E-state index contributed by atoms with van der Waals surface area (Å²) in [5.41, 5.74) is 1.03. The number of benzene rings is 1. The maximum atomic E-state index is 13.0. The topological polar surface area (TPSA) is 66.9 Å². The van der Waals surface area contributed by atoms with Gasteiger partial charge in [-0.1, -0.05) is 23.7 Å². The van der Waals surface area contributed by atoms with Crippen LogP contribution in [0.5, 0.6) is 0 Å². The summed E-state index contributed by atoms with van der Waals surface area (Å²) in [6.45, 7) is 2.02. The van der Waals surface area contributed by atoms with Crippen molar-refractivity contribution < 1.29 is 17.9 Å². The van der Waals surface area contributed by atoms with Gasteiger partial charge in [-0.25, -0.2) is 8.42 Å². The van der Waals surface area contributed by atoms with Gasteiger partial charge in [-0.15, -0.1) is 0 Å². The number of rotatable bonds is 7. The molecular formula is C19H27ClN2O4S. The summed E-state index contributed by atoms with van der Waals surface area (Å²) in [5, 5.41) is 0.670. The lowest BCUT2D eigenvalue weighted by atomic mass is 10.1. The van der Waals surface area contributed by atoms with Crippen LogP contribution in [0.15, 0.2) is 24.3 Å². The van der Waals surface area contributed by atoms with E-state index in [0.29, 0.717) is 31.1 Å². The second kappa shape index (κ2) is 8.90. The average molecular weight is 415 g/mol. The van der Waals surface area contributed by atoms with Gasteiger partial charge in [-0.3, -0.25) is 9.69 Å². The van der Waals surface area contributed by atoms with Crippen molar-refractivity contribution in [2.45, 2.75) is 38.0 Å². The molecule has 0 aliphatic carbocycles. The molecule has 1 aromatic carbocycles. The Bertz CT molecular complexity index is 765. The predicted molar refractivity (Wildman–Crippen MR) is 106 cm³/mol. The molecule has 2 saturated heterocycles. The number of hydrogen-bond acceptors (Lipinski definition) is 5. The first-order valence-corrected chi connectivity index (χ1v) is 11.6. The quantitative estimate of drug-likeness (QED) is 0.682. The van der Waals surface area contributed by atoms with Crippen LogP contribution in [-0.2, 0) is 25.9 Å². The standard InChI is InChI=1S/C19H27ClN2O4S/c1-21(11-15-4-2-5-16(20)10-15)13-19(23)22(12-18-6-3-8-26-18)17-7-9-27(24,25)14-17/h2,4-5,10,17-18H,3,6-9,11-14H2,1H3. The fourth-order valence-corrected chi connectivity index (χ4v) is 5.75. The van der Waals surface area contributed by atoms with Gasteiger partial charge in [-0.2, -0.15) is 0 Å². The highest BCUT2D eigenvalue weighted by atomic mass is 35.5. The van der Waals surface area contributed by atoms with Crippen LogP contribution in [0.2, 0.25) is 5.02 Å². The first-order valence-electron chi connectivity index (χ1n) is 9.37. The minimum atomic E-state index is -3.05. The Morgan fingerprint density at radius 2 is 2.15 bits per heavy atom. The maximum absolute atomic E-state index is 13.0. The van der Waals surface area contributed by atoms with Crippen molar-refractivity contribution in [3.63, 3.8) is 0 Å². The lowest BCUT2D eigenvalue weighted by molar-refractivity contribution is -0.135. The van der Waals surface area contributed by atoms with Crippen molar-refractivity contribution in [3.8, 4) is 0 Å². The summed E-state index contributed by atoms with van der Waals surface area (Å²) in [7, 11) is -1.17. The fourth-order valence-electron chi connectivity index (χ4n) is 3.81. The number of halogens is 1. The first-order chi connectivity index (χ1) is 12.8. The van der Waals surface area contributed by atoms with Gasteiger partial charge in [0.2, 0.25) is 5.91 Å². The van der Waals surface area contributed by atoms with Gasteiger partial charge in [-0.05, 0) is 44.0 Å². The number of hydrogen-bond donors (Lipinski definition) is 0. The molecule has 2 aliphatic heterocycles. The highest BCUT2D eigenvalue weighted by molar-refractivity contribution is 7.91. The number of ether oxygens (including phenoxy) is 1. The molecule has 8 heteroatoms. The Labute approximate surface area is 166 Å². The smallest absolute Gasteiger partial charge is 0.237 e. The molecule has 2 aliphatic rings. The molecule has 2 fully saturated rings. The molecule has 1 amide bonds. The van der Waals surface area contributed by atoms with Crippen molar-refractivity contribution in [2.75, 3.05) is 38.2 Å². The zero-order chi connectivity index (χ0) is 19.4. The zero-order valence-electron chi connectivity index (χ0n) is 15.6. The molecule has 150 valence electrons. The van der Waals surface area contributed by atoms with E-state index in [9.17, 15) is 13.2 Å². The van der Waals surface area contributed by atoms with Gasteiger partial charge >= 0.3 is 0 Å². The van der Waals surface area contributed by atoms with Crippen LogP contribution in [0, 0.1) is 0 Å². The van der Waals surface area contributed by atoms with Crippen molar-refractivity contribution in [1.29, 1.82) is 0 Å². The number of sulfone groups is 1. The van der Waals surface area contributed by atoms with E-state index < -0.39 is 9.84 Å². The Morgan fingerprint density at radius 3 is 2.78 bits per heavy atom. The van der Waals surface area contributed by atoms with E-state index >= 15 is 0 Å². The van der Waals surface area contributed by atoms with Crippen LogP contribution in [0.25, 0.3) is 0 Å². The number of likely N-dealkylation sites (N-methyl/N-ethyl adjacent to an activating group) is 1. The molecule has 0 bridgehead atoms. The largest absolute Gasteiger partial charge is 0.376 e. The van der Waals surface area contributed by atoms with Crippen LogP contribution in [0.1, 0.15) is 24.8 Å². The van der Waals surface area contributed by atoms with Crippen molar-refractivity contribution in [3.05, 3.63) is 34.9 Å². The van der Waals surface area contributed by atoms with Crippen LogP contribution >= 0.6 is 11.6 Å². The Morgan fingerprint density at radius 1 is 1.33 bits per heavy atom. The zero-order valence-corrected chi connectivity index (χ0v) is 17.2. The van der Waals surface area contributed by atoms with E-state index in [-0.39, 0.29) is 36.1 Å². The number of nitrogens with zero attached hydrogens (tertiary/aromatic N) is 2. The summed E-state index contributed by atoms with van der Waals surface area (Å²) < 4.78 is 29.5. The van der Waals surface area contributed by atoms with Gasteiger partial charge in [0.1, 0.15) is 0 Å². The van der Waals surface area contributed by atoms with E-state index in [2.05, 4.69) is 0 Å². The second-order valence-corrected chi connectivity index (χ2v) is 10.2. The normalized spacial score (nSPS) is 24.4. The first kappa shape index (κ1) is 20.6. The van der Waals surface area contributed by atoms with E-state index in [1.54, 1.807) is 4.90 Å². The van der Waals surface area contributed by atoms with Crippen LogP contribution in [-0.4, -0.2) is 74.5 Å². The third-order valence-electron chi connectivity index (χ3n) is 5.14. The van der Waals surface area contributed by atoms with Crippen LogP contribution in [0.3, 0.4) is 0 Å². The minimum absolute atomic E-state index is 0.00971. The van der Waals surface area contributed by atoms with Gasteiger partial charge in [0, 0.05) is 30.8 Å². The van der Waals surface area contributed by atoms with Gasteiger partial charge < -0.3 is 9.64 Å². The molecule has 2 atom stereocenters. The third kappa shape index (κ3) is 5.91. The third-order valence-corrected chi connectivity index (χ3v) is 7.13. The Hall–Kier alpha value is -1.15. The summed E-state index contributed by atoms with van der Waals surface area (Å²) >= 11 is 6.03. The molecule has 0 N–H and O–H groups in total. The van der Waals surface area contributed by atoms with Crippen molar-refractivity contribution >= 4 is 27.3 Å². The highest BCUT2D eigenvalue weighted by Gasteiger charge is 2.36. The Kier molecular flexibility index (Phi) is 6.78.